The maximum absolute atomic E-state index is 13.6. The molecule has 0 spiro atoms. The molecule has 182 valence electrons. The van der Waals surface area contributed by atoms with Gasteiger partial charge in [-0.1, -0.05) is 42.8 Å². The first-order valence-electron chi connectivity index (χ1n) is 11.4. The maximum atomic E-state index is 13.6. The molecule has 1 heterocycles. The molecule has 0 aliphatic rings. The molecule has 8 nitrogen and oxygen atoms in total. The summed E-state index contributed by atoms with van der Waals surface area (Å²) < 4.78 is 7.41. The number of nitro groups is 1. The molecule has 35 heavy (non-hydrogen) atoms. The fraction of sp³-hybridized carbons (Fsp3) is 0.296. The zero-order chi connectivity index (χ0) is 25.7. The number of ketones is 2. The lowest BCUT2D eigenvalue weighted by Gasteiger charge is -2.14. The Kier molecular flexibility index (Phi) is 7.96. The molecule has 0 saturated heterocycles. The minimum absolute atomic E-state index is 0.0515. The Bertz CT molecular complexity index is 1300. The van der Waals surface area contributed by atoms with Gasteiger partial charge >= 0.3 is 0 Å². The average Bonchev–Trinajstić information content (AvgIpc) is 3.24. The fourth-order valence-electron chi connectivity index (χ4n) is 3.86. The van der Waals surface area contributed by atoms with Crippen LogP contribution in [0.4, 0.5) is 5.69 Å². The number of allylic oxidation sites excluding steroid dienone is 2. The Balaban J connectivity index is 2.03. The van der Waals surface area contributed by atoms with Crippen molar-refractivity contribution in [3.8, 4) is 5.88 Å². The van der Waals surface area contributed by atoms with E-state index in [2.05, 4.69) is 5.10 Å². The van der Waals surface area contributed by atoms with Crippen LogP contribution in [-0.2, 0) is 6.54 Å². The van der Waals surface area contributed by atoms with Crippen LogP contribution in [0.25, 0.3) is 5.57 Å². The Morgan fingerprint density at radius 1 is 1.06 bits per heavy atom. The summed E-state index contributed by atoms with van der Waals surface area (Å²) in [5, 5.41) is 16.0. The molecule has 0 saturated carbocycles. The Hall–Kier alpha value is -4.07. The van der Waals surface area contributed by atoms with Crippen LogP contribution in [0, 0.1) is 17.0 Å². The summed E-state index contributed by atoms with van der Waals surface area (Å²) in [6.07, 6.45) is 2.17. The minimum atomic E-state index is -0.438. The van der Waals surface area contributed by atoms with E-state index >= 15 is 0 Å². The first-order valence-corrected chi connectivity index (χ1v) is 11.4. The monoisotopic (exact) mass is 475 g/mol. The smallest absolute Gasteiger partial charge is 0.277 e. The molecule has 2 aromatic carbocycles. The number of Topliss-reactive ketones (excluding diaryl/α,β-unsaturated/α-hetero) is 1. The molecule has 3 rings (SSSR count). The van der Waals surface area contributed by atoms with Crippen LogP contribution in [0.3, 0.4) is 0 Å². The number of carbonyl (C=O) groups excluding carboxylic acids is 2. The van der Waals surface area contributed by atoms with Crippen LogP contribution in [0.2, 0.25) is 0 Å². The van der Waals surface area contributed by atoms with Gasteiger partial charge in [0.25, 0.3) is 5.69 Å². The second-order valence-electron chi connectivity index (χ2n) is 8.51. The molecule has 0 unspecified atom stereocenters. The van der Waals surface area contributed by atoms with E-state index in [1.54, 1.807) is 35.9 Å². The van der Waals surface area contributed by atoms with Gasteiger partial charge in [0.2, 0.25) is 5.88 Å². The quantitative estimate of drug-likeness (QED) is 0.208. The van der Waals surface area contributed by atoms with Crippen molar-refractivity contribution in [2.24, 2.45) is 0 Å². The summed E-state index contributed by atoms with van der Waals surface area (Å²) in [7, 11) is 0. The van der Waals surface area contributed by atoms with E-state index in [1.165, 1.54) is 18.3 Å². The number of rotatable bonds is 10. The second-order valence-corrected chi connectivity index (χ2v) is 8.51. The van der Waals surface area contributed by atoms with Gasteiger partial charge in [-0.2, -0.15) is 5.10 Å². The number of nitrogens with zero attached hydrogens (tertiary/aromatic N) is 3. The number of aromatic nitrogens is 2. The van der Waals surface area contributed by atoms with E-state index in [1.807, 2.05) is 33.8 Å². The Morgan fingerprint density at radius 2 is 1.74 bits per heavy atom. The summed E-state index contributed by atoms with van der Waals surface area (Å²) in [6.45, 7) is 9.48. The highest BCUT2D eigenvalue weighted by Gasteiger charge is 2.27. The number of carbonyl (C=O) groups is 2. The first-order chi connectivity index (χ1) is 16.7. The summed E-state index contributed by atoms with van der Waals surface area (Å²) in [5.41, 5.74) is 3.59. The predicted octanol–water partition coefficient (Wildman–Crippen LogP) is 5.82. The van der Waals surface area contributed by atoms with Gasteiger partial charge in [0.15, 0.2) is 18.2 Å². The van der Waals surface area contributed by atoms with Gasteiger partial charge in [0.1, 0.15) is 5.56 Å². The molecule has 8 heteroatoms. The standard InChI is InChI=1S/C27H29N3O5/c1-6-14-29-27(35-16-24(31)20-10-8-7-9-11-20)22(15-28-29)26(32)21-12-13-23(30(33)34)25(19(21)5)18(4)17(2)3/h7-13,15H,6,14,16H2,1-5H3. The third-order valence-corrected chi connectivity index (χ3v) is 5.92. The van der Waals surface area contributed by atoms with Gasteiger partial charge in [-0.3, -0.25) is 19.7 Å². The number of hydrogen-bond donors (Lipinski definition) is 0. The van der Waals surface area contributed by atoms with E-state index < -0.39 is 4.92 Å². The summed E-state index contributed by atoms with van der Waals surface area (Å²) in [5.74, 6) is -0.384. The summed E-state index contributed by atoms with van der Waals surface area (Å²) in [6, 6.07) is 11.6. The van der Waals surface area contributed by atoms with Crippen molar-refractivity contribution in [3.63, 3.8) is 0 Å². The molecule has 0 radical (unpaired) electrons. The molecule has 1 aromatic heterocycles. The molecule has 0 aliphatic heterocycles. The molecular formula is C27H29N3O5. The fourth-order valence-corrected chi connectivity index (χ4v) is 3.86. The van der Waals surface area contributed by atoms with Gasteiger partial charge in [0.05, 0.1) is 16.7 Å². The van der Waals surface area contributed by atoms with Crippen molar-refractivity contribution < 1.29 is 19.2 Å². The third kappa shape index (κ3) is 5.37. The normalized spacial score (nSPS) is 10.7. The molecule has 3 aromatic rings. The van der Waals surface area contributed by atoms with Crippen LogP contribution in [0.5, 0.6) is 5.88 Å². The number of ether oxygens (including phenoxy) is 1. The Labute approximate surface area is 204 Å². The topological polar surface area (TPSA) is 104 Å². The summed E-state index contributed by atoms with van der Waals surface area (Å²) in [4.78, 5) is 37.5. The molecule has 0 aliphatic carbocycles. The van der Waals surface area contributed by atoms with Gasteiger partial charge in [-0.15, -0.1) is 0 Å². The average molecular weight is 476 g/mol. The van der Waals surface area contributed by atoms with Gasteiger partial charge in [-0.25, -0.2) is 4.68 Å². The van der Waals surface area contributed by atoms with Crippen LogP contribution in [-0.4, -0.2) is 32.9 Å². The van der Waals surface area contributed by atoms with E-state index in [0.29, 0.717) is 28.8 Å². The van der Waals surface area contributed by atoms with Crippen molar-refractivity contribution in [2.75, 3.05) is 6.61 Å². The molecule has 0 N–H and O–H groups in total. The number of nitro benzene ring substituents is 1. The van der Waals surface area contributed by atoms with Crippen molar-refractivity contribution in [2.45, 2.75) is 47.6 Å². The second kappa shape index (κ2) is 10.9. The zero-order valence-electron chi connectivity index (χ0n) is 20.6. The molecular weight excluding hydrogens is 446 g/mol. The van der Waals surface area contributed by atoms with Crippen LogP contribution < -0.4 is 4.74 Å². The highest BCUT2D eigenvalue weighted by atomic mass is 16.6. The van der Waals surface area contributed by atoms with Gasteiger partial charge in [0, 0.05) is 23.7 Å². The number of hydrogen-bond acceptors (Lipinski definition) is 6. The predicted molar refractivity (Wildman–Crippen MR) is 134 cm³/mol. The van der Waals surface area contributed by atoms with Crippen molar-refractivity contribution >= 4 is 22.8 Å². The van der Waals surface area contributed by atoms with E-state index in [0.717, 1.165) is 17.6 Å². The van der Waals surface area contributed by atoms with Crippen LogP contribution in [0.15, 0.2) is 54.2 Å². The highest BCUT2D eigenvalue weighted by Crippen LogP contribution is 2.34. The first kappa shape index (κ1) is 25.6. The van der Waals surface area contributed by atoms with Crippen LogP contribution >= 0.6 is 0 Å². The van der Waals surface area contributed by atoms with E-state index in [4.69, 9.17) is 4.74 Å². The molecule has 0 fully saturated rings. The maximum Gasteiger partial charge on any atom is 0.277 e. The third-order valence-electron chi connectivity index (χ3n) is 5.92. The number of aryl methyl sites for hydroxylation is 1. The lowest BCUT2D eigenvalue weighted by molar-refractivity contribution is -0.385. The molecule has 0 amide bonds. The lowest BCUT2D eigenvalue weighted by Crippen LogP contribution is -2.16. The van der Waals surface area contributed by atoms with E-state index in [-0.39, 0.29) is 35.3 Å². The van der Waals surface area contributed by atoms with E-state index in [9.17, 15) is 19.7 Å². The molecule has 0 atom stereocenters. The largest absolute Gasteiger partial charge is 0.469 e. The van der Waals surface area contributed by atoms with Crippen molar-refractivity contribution in [1.82, 2.24) is 9.78 Å². The van der Waals surface area contributed by atoms with Crippen LogP contribution in [0.1, 0.15) is 71.5 Å². The zero-order valence-corrected chi connectivity index (χ0v) is 20.6. The van der Waals surface area contributed by atoms with Crippen molar-refractivity contribution in [1.29, 1.82) is 0 Å². The van der Waals surface area contributed by atoms with Gasteiger partial charge < -0.3 is 4.74 Å². The van der Waals surface area contributed by atoms with Gasteiger partial charge in [-0.05, 0) is 51.3 Å². The number of benzene rings is 2. The van der Waals surface area contributed by atoms with Crippen molar-refractivity contribution in [3.05, 3.63) is 92.2 Å². The summed E-state index contributed by atoms with van der Waals surface area (Å²) >= 11 is 0. The molecule has 0 bridgehead atoms. The Morgan fingerprint density at radius 3 is 2.34 bits per heavy atom. The highest BCUT2D eigenvalue weighted by molar-refractivity contribution is 6.12. The minimum Gasteiger partial charge on any atom is -0.469 e. The lowest BCUT2D eigenvalue weighted by atomic mass is 9.90. The SMILES string of the molecule is CCCn1ncc(C(=O)c2ccc([N+](=O)[O-])c(C(C)=C(C)C)c2C)c1OCC(=O)c1ccccc1.